The molecule has 2 saturated carbocycles. The van der Waals surface area contributed by atoms with Gasteiger partial charge in [0.1, 0.15) is 17.7 Å². The van der Waals surface area contributed by atoms with E-state index in [9.17, 15) is 19.2 Å². The molecule has 3 amide bonds. The van der Waals surface area contributed by atoms with E-state index in [2.05, 4.69) is 10.6 Å². The van der Waals surface area contributed by atoms with Crippen LogP contribution in [0.2, 0.25) is 0 Å². The normalized spacial score (nSPS) is 30.8. The molecule has 4 rings (SSSR count). The van der Waals surface area contributed by atoms with Crippen LogP contribution in [0.5, 0.6) is 0 Å². The highest BCUT2D eigenvalue weighted by Gasteiger charge is 2.52. The van der Waals surface area contributed by atoms with Gasteiger partial charge in [-0.15, -0.1) is 0 Å². The van der Waals surface area contributed by atoms with Gasteiger partial charge in [-0.25, -0.2) is 4.79 Å². The van der Waals surface area contributed by atoms with Crippen LogP contribution < -0.4 is 16.4 Å². The van der Waals surface area contributed by atoms with Crippen molar-refractivity contribution in [2.24, 2.45) is 28.9 Å². The Morgan fingerprint density at radius 3 is 2.36 bits per heavy atom. The zero-order valence-electron chi connectivity index (χ0n) is 22.5. The number of carbonyl (C=O) groups is 4. The van der Waals surface area contributed by atoms with Crippen LogP contribution in [0, 0.1) is 23.2 Å². The maximum atomic E-state index is 13.9. The highest BCUT2D eigenvalue weighted by molar-refractivity contribution is 6.03. The van der Waals surface area contributed by atoms with E-state index in [0.29, 0.717) is 18.7 Å². The second-order valence-electron chi connectivity index (χ2n) is 13.1. The van der Waals surface area contributed by atoms with E-state index in [-0.39, 0.29) is 35.4 Å². The SMILES string of the molecule is CC(C)(C)OC(=O)N[C@H](C(=O)N1C[C@@H]2CCC[C@@H]2[C@H]1C(=O)NC1CC2CCC2=C(N)C1=O)C(C)(C)C. The van der Waals surface area contributed by atoms with Gasteiger partial charge in [0.15, 0.2) is 0 Å². The molecule has 3 aliphatic carbocycles. The molecule has 0 spiro atoms. The first-order chi connectivity index (χ1) is 16.7. The average molecular weight is 503 g/mol. The van der Waals surface area contributed by atoms with Crippen molar-refractivity contribution >= 4 is 23.7 Å². The molecule has 0 aromatic rings. The molecule has 0 bridgehead atoms. The Morgan fingerprint density at radius 2 is 1.78 bits per heavy atom. The summed E-state index contributed by atoms with van der Waals surface area (Å²) < 4.78 is 5.42. The Morgan fingerprint density at radius 1 is 1.08 bits per heavy atom. The first-order valence-corrected chi connectivity index (χ1v) is 13.3. The number of ketones is 1. The minimum atomic E-state index is -0.867. The van der Waals surface area contributed by atoms with Gasteiger partial charge in [0.05, 0.1) is 11.7 Å². The van der Waals surface area contributed by atoms with E-state index in [0.717, 1.165) is 37.7 Å². The highest BCUT2D eigenvalue weighted by atomic mass is 16.6. The zero-order chi connectivity index (χ0) is 26.6. The van der Waals surface area contributed by atoms with Crippen molar-refractivity contribution in [3.63, 3.8) is 0 Å². The van der Waals surface area contributed by atoms with Crippen LogP contribution in [0.25, 0.3) is 0 Å². The maximum Gasteiger partial charge on any atom is 0.408 e. The summed E-state index contributed by atoms with van der Waals surface area (Å²) >= 11 is 0. The lowest BCUT2D eigenvalue weighted by Gasteiger charge is -2.40. The Balaban J connectivity index is 1.54. The van der Waals surface area contributed by atoms with Crippen molar-refractivity contribution in [3.05, 3.63) is 11.3 Å². The molecule has 1 saturated heterocycles. The van der Waals surface area contributed by atoms with Gasteiger partial charge >= 0.3 is 6.09 Å². The average Bonchev–Trinajstić information content (AvgIpc) is 3.31. The van der Waals surface area contributed by atoms with E-state index in [1.54, 1.807) is 25.7 Å². The van der Waals surface area contributed by atoms with Crippen LogP contribution in [0.15, 0.2) is 11.3 Å². The van der Waals surface area contributed by atoms with Crippen LogP contribution in [0.3, 0.4) is 0 Å². The monoisotopic (exact) mass is 502 g/mol. The minimum Gasteiger partial charge on any atom is -0.444 e. The molecule has 3 fully saturated rings. The number of nitrogens with zero attached hydrogens (tertiary/aromatic N) is 1. The lowest BCUT2D eigenvalue weighted by Crippen LogP contribution is -2.60. The van der Waals surface area contributed by atoms with Crippen LogP contribution in [0.4, 0.5) is 4.79 Å². The van der Waals surface area contributed by atoms with Crippen molar-refractivity contribution in [2.75, 3.05) is 6.54 Å². The molecule has 0 aromatic heterocycles. The molecule has 0 radical (unpaired) electrons. The fourth-order valence-electron chi connectivity index (χ4n) is 6.33. The number of Topliss-reactive ketones (excluding diaryl/α,β-unsaturated/α-hetero) is 1. The number of nitrogens with two attached hydrogens (primary N) is 1. The molecule has 9 heteroatoms. The Bertz CT molecular complexity index is 976. The molecule has 0 aromatic carbocycles. The second kappa shape index (κ2) is 9.38. The molecule has 1 heterocycles. The van der Waals surface area contributed by atoms with Gasteiger partial charge in [0.25, 0.3) is 0 Å². The van der Waals surface area contributed by atoms with E-state index in [4.69, 9.17) is 10.5 Å². The fraction of sp³-hybridized carbons (Fsp3) is 0.778. The van der Waals surface area contributed by atoms with E-state index >= 15 is 0 Å². The Hall–Kier alpha value is -2.58. The van der Waals surface area contributed by atoms with Crippen molar-refractivity contribution in [2.45, 2.75) is 104 Å². The number of hydrogen-bond donors (Lipinski definition) is 3. The smallest absolute Gasteiger partial charge is 0.408 e. The van der Waals surface area contributed by atoms with E-state index in [1.807, 2.05) is 20.8 Å². The van der Waals surface area contributed by atoms with Gasteiger partial charge in [0, 0.05) is 6.54 Å². The van der Waals surface area contributed by atoms with Gasteiger partial charge < -0.3 is 26.0 Å². The summed E-state index contributed by atoms with van der Waals surface area (Å²) in [6.45, 7) is 11.4. The number of fused-ring (bicyclic) bond motifs is 2. The fourth-order valence-corrected chi connectivity index (χ4v) is 6.33. The van der Waals surface area contributed by atoms with Crippen molar-refractivity contribution in [1.82, 2.24) is 15.5 Å². The molecule has 36 heavy (non-hydrogen) atoms. The maximum absolute atomic E-state index is 13.9. The number of ether oxygens (including phenoxy) is 1. The number of amides is 3. The van der Waals surface area contributed by atoms with Crippen LogP contribution >= 0.6 is 0 Å². The number of carbonyl (C=O) groups excluding carboxylic acids is 4. The predicted molar refractivity (Wildman–Crippen MR) is 134 cm³/mol. The number of allylic oxidation sites excluding steroid dienone is 1. The molecule has 2 unspecified atom stereocenters. The number of likely N-dealkylation sites (tertiary alicyclic amines) is 1. The molecule has 6 atom stereocenters. The summed E-state index contributed by atoms with van der Waals surface area (Å²) in [7, 11) is 0. The largest absolute Gasteiger partial charge is 0.444 e. The summed E-state index contributed by atoms with van der Waals surface area (Å²) in [6, 6.07) is -2.19. The summed E-state index contributed by atoms with van der Waals surface area (Å²) in [4.78, 5) is 54.7. The number of rotatable bonds is 4. The van der Waals surface area contributed by atoms with Gasteiger partial charge in [-0.2, -0.15) is 0 Å². The highest BCUT2D eigenvalue weighted by Crippen LogP contribution is 2.44. The molecular weight excluding hydrogens is 460 g/mol. The van der Waals surface area contributed by atoms with E-state index < -0.39 is 35.2 Å². The first-order valence-electron chi connectivity index (χ1n) is 13.3. The second-order valence-corrected chi connectivity index (χ2v) is 13.1. The van der Waals surface area contributed by atoms with Crippen molar-refractivity contribution < 1.29 is 23.9 Å². The lowest BCUT2D eigenvalue weighted by atomic mass is 9.69. The lowest BCUT2D eigenvalue weighted by molar-refractivity contribution is -0.143. The minimum absolute atomic E-state index is 0.0435. The number of hydrogen-bond acceptors (Lipinski definition) is 6. The van der Waals surface area contributed by atoms with Crippen LogP contribution in [0.1, 0.15) is 80.1 Å². The Labute approximate surface area is 213 Å². The standard InChI is InChI=1S/C27H42N4O5/c1-26(2,3)22(30-25(35)36-27(4,5)6)24(34)31-13-15-8-7-9-17(15)20(31)23(33)29-18-12-14-10-11-16(14)19(28)21(18)32/h14-15,17-18,20,22H,7-13,28H2,1-6H3,(H,29,33)(H,30,35)/t14?,15-,17-,18?,20-,22+/m0/s1. The molecule has 9 nitrogen and oxygen atoms in total. The first kappa shape index (κ1) is 26.5. The van der Waals surface area contributed by atoms with Crippen LogP contribution in [-0.4, -0.2) is 58.9 Å². The van der Waals surface area contributed by atoms with Crippen LogP contribution in [-0.2, 0) is 19.1 Å². The number of nitrogens with one attached hydrogen (secondary N) is 2. The third-order valence-electron chi connectivity index (χ3n) is 8.24. The summed E-state index contributed by atoms with van der Waals surface area (Å²) in [6.07, 6.45) is 4.58. The van der Waals surface area contributed by atoms with Gasteiger partial charge in [-0.1, -0.05) is 27.2 Å². The summed E-state index contributed by atoms with van der Waals surface area (Å²) in [5.41, 5.74) is 6.11. The third kappa shape index (κ3) is 5.11. The van der Waals surface area contributed by atoms with Gasteiger partial charge in [-0.05, 0) is 81.6 Å². The molecule has 1 aliphatic heterocycles. The van der Waals surface area contributed by atoms with Crippen molar-refractivity contribution in [1.29, 1.82) is 0 Å². The summed E-state index contributed by atoms with van der Waals surface area (Å²) in [5.74, 6) is -0.265. The van der Waals surface area contributed by atoms with E-state index in [1.165, 1.54) is 0 Å². The van der Waals surface area contributed by atoms with Gasteiger partial charge in [0.2, 0.25) is 17.6 Å². The predicted octanol–water partition coefficient (Wildman–Crippen LogP) is 2.63. The molecule has 4 N–H and O–H groups in total. The van der Waals surface area contributed by atoms with Crippen molar-refractivity contribution in [3.8, 4) is 0 Å². The third-order valence-corrected chi connectivity index (χ3v) is 8.24. The molecular formula is C27H42N4O5. The van der Waals surface area contributed by atoms with Gasteiger partial charge in [-0.3, -0.25) is 14.4 Å². The number of alkyl carbamates (subject to hydrolysis) is 1. The quantitative estimate of drug-likeness (QED) is 0.542. The Kier molecular flexibility index (Phi) is 6.90. The molecule has 200 valence electrons. The molecule has 4 aliphatic rings. The summed E-state index contributed by atoms with van der Waals surface area (Å²) in [5, 5.41) is 5.73. The zero-order valence-corrected chi connectivity index (χ0v) is 22.5. The topological polar surface area (TPSA) is 131 Å².